The molecule has 3 fully saturated rings. The van der Waals surface area contributed by atoms with Crippen LogP contribution in [-0.4, -0.2) is 46.9 Å². The maximum atomic E-state index is 12.4. The topological polar surface area (TPSA) is 86.7 Å². The monoisotopic (exact) mass is 336 g/mol. The summed E-state index contributed by atoms with van der Waals surface area (Å²) < 4.78 is 0. The zero-order valence-electron chi connectivity index (χ0n) is 14.2. The standard InChI is InChI=1S/C18H28N2O4/c21-15(9-8-12-4-1-2-5-12)19-10-16(22)20-11-13-6-3-7-14(13)17(20)18(23)24/h12-14,17H,1-11H2,(H,19,21)(H,23,24). The fourth-order valence-electron chi connectivity index (χ4n) is 4.88. The first-order valence-corrected chi connectivity index (χ1v) is 9.35. The Morgan fingerprint density at radius 1 is 1.04 bits per heavy atom. The van der Waals surface area contributed by atoms with E-state index in [9.17, 15) is 19.5 Å². The summed E-state index contributed by atoms with van der Waals surface area (Å²) >= 11 is 0. The van der Waals surface area contributed by atoms with Gasteiger partial charge in [0, 0.05) is 13.0 Å². The highest BCUT2D eigenvalue weighted by Gasteiger charge is 2.49. The van der Waals surface area contributed by atoms with Crippen LogP contribution < -0.4 is 5.32 Å². The molecule has 24 heavy (non-hydrogen) atoms. The largest absolute Gasteiger partial charge is 0.480 e. The summed E-state index contributed by atoms with van der Waals surface area (Å²) in [4.78, 5) is 37.4. The number of rotatable bonds is 6. The molecule has 0 aromatic rings. The predicted octanol–water partition coefficient (Wildman–Crippen LogP) is 1.78. The van der Waals surface area contributed by atoms with Crippen molar-refractivity contribution in [3.63, 3.8) is 0 Å². The average Bonchev–Trinajstić information content (AvgIpc) is 3.25. The number of nitrogens with zero attached hydrogens (tertiary/aromatic N) is 1. The third-order valence-corrected chi connectivity index (χ3v) is 6.15. The van der Waals surface area contributed by atoms with E-state index in [0.29, 0.717) is 24.8 Å². The predicted molar refractivity (Wildman–Crippen MR) is 88.2 cm³/mol. The lowest BCUT2D eigenvalue weighted by molar-refractivity contribution is -0.149. The van der Waals surface area contributed by atoms with Crippen molar-refractivity contribution in [2.75, 3.05) is 13.1 Å². The van der Waals surface area contributed by atoms with E-state index in [1.807, 2.05) is 0 Å². The minimum atomic E-state index is -0.912. The highest BCUT2D eigenvalue weighted by molar-refractivity contribution is 5.88. The molecule has 1 saturated heterocycles. The van der Waals surface area contributed by atoms with Crippen molar-refractivity contribution in [3.8, 4) is 0 Å². The van der Waals surface area contributed by atoms with Gasteiger partial charge in [0.15, 0.2) is 0 Å². The first-order valence-electron chi connectivity index (χ1n) is 9.35. The molecule has 6 heteroatoms. The number of carbonyl (C=O) groups excluding carboxylic acids is 2. The lowest BCUT2D eigenvalue weighted by Crippen LogP contribution is -2.47. The summed E-state index contributed by atoms with van der Waals surface area (Å²) in [5, 5.41) is 12.2. The van der Waals surface area contributed by atoms with Crippen LogP contribution in [0.3, 0.4) is 0 Å². The second kappa shape index (κ2) is 7.53. The molecule has 0 radical (unpaired) electrons. The maximum absolute atomic E-state index is 12.4. The Bertz CT molecular complexity index is 501. The lowest BCUT2D eigenvalue weighted by atomic mass is 9.94. The number of hydrogen-bond acceptors (Lipinski definition) is 3. The van der Waals surface area contributed by atoms with Gasteiger partial charge in [-0.2, -0.15) is 0 Å². The first-order chi connectivity index (χ1) is 11.6. The zero-order valence-corrected chi connectivity index (χ0v) is 14.2. The van der Waals surface area contributed by atoms with Gasteiger partial charge >= 0.3 is 5.97 Å². The van der Waals surface area contributed by atoms with E-state index < -0.39 is 12.0 Å². The molecule has 2 amide bonds. The van der Waals surface area contributed by atoms with E-state index in [2.05, 4.69) is 5.32 Å². The molecule has 0 spiro atoms. The van der Waals surface area contributed by atoms with Gasteiger partial charge in [-0.1, -0.05) is 32.1 Å². The van der Waals surface area contributed by atoms with Gasteiger partial charge in [-0.3, -0.25) is 9.59 Å². The van der Waals surface area contributed by atoms with Crippen LogP contribution in [0.1, 0.15) is 57.8 Å². The van der Waals surface area contributed by atoms with Gasteiger partial charge in [0.05, 0.1) is 6.54 Å². The molecule has 3 unspecified atom stereocenters. The Balaban J connectivity index is 1.45. The van der Waals surface area contributed by atoms with Crippen molar-refractivity contribution in [2.45, 2.75) is 63.8 Å². The Kier molecular flexibility index (Phi) is 5.41. The van der Waals surface area contributed by atoms with Gasteiger partial charge in [0.25, 0.3) is 0 Å². The summed E-state index contributed by atoms with van der Waals surface area (Å²) in [6.45, 7) is 0.450. The van der Waals surface area contributed by atoms with Crippen molar-refractivity contribution >= 4 is 17.8 Å². The van der Waals surface area contributed by atoms with Crippen LogP contribution in [0.2, 0.25) is 0 Å². The van der Waals surface area contributed by atoms with Crippen molar-refractivity contribution in [3.05, 3.63) is 0 Å². The minimum absolute atomic E-state index is 0.0767. The van der Waals surface area contributed by atoms with Crippen LogP contribution in [0.15, 0.2) is 0 Å². The molecule has 3 aliphatic rings. The van der Waals surface area contributed by atoms with Crippen LogP contribution in [-0.2, 0) is 14.4 Å². The van der Waals surface area contributed by atoms with E-state index in [4.69, 9.17) is 0 Å². The van der Waals surface area contributed by atoms with Crippen molar-refractivity contribution < 1.29 is 19.5 Å². The molecule has 3 atom stereocenters. The number of amides is 2. The second-order valence-electron chi connectivity index (χ2n) is 7.65. The third kappa shape index (κ3) is 3.73. The molecular weight excluding hydrogens is 308 g/mol. The van der Waals surface area contributed by atoms with Gasteiger partial charge in [-0.05, 0) is 37.0 Å². The van der Waals surface area contributed by atoms with E-state index in [1.54, 1.807) is 0 Å². The summed E-state index contributed by atoms with van der Waals surface area (Å²) in [5.74, 6) is -0.212. The van der Waals surface area contributed by atoms with Crippen molar-refractivity contribution in [1.29, 1.82) is 0 Å². The minimum Gasteiger partial charge on any atom is -0.480 e. The van der Waals surface area contributed by atoms with E-state index in [0.717, 1.165) is 25.7 Å². The number of nitrogens with one attached hydrogen (secondary N) is 1. The fraction of sp³-hybridized carbons (Fsp3) is 0.833. The summed E-state index contributed by atoms with van der Waals surface area (Å²) in [6, 6.07) is -0.708. The van der Waals surface area contributed by atoms with Crippen molar-refractivity contribution in [2.24, 2.45) is 17.8 Å². The molecule has 6 nitrogen and oxygen atoms in total. The number of carbonyl (C=O) groups is 3. The molecule has 2 N–H and O–H groups in total. The molecule has 134 valence electrons. The first kappa shape index (κ1) is 17.2. The molecule has 2 saturated carbocycles. The highest BCUT2D eigenvalue weighted by atomic mass is 16.4. The summed E-state index contributed by atoms with van der Waals surface area (Å²) in [7, 11) is 0. The summed E-state index contributed by atoms with van der Waals surface area (Å²) in [6.07, 6.45) is 9.25. The average molecular weight is 336 g/mol. The zero-order chi connectivity index (χ0) is 17.1. The van der Waals surface area contributed by atoms with Gasteiger partial charge in [-0.15, -0.1) is 0 Å². The van der Waals surface area contributed by atoms with Crippen LogP contribution in [0.25, 0.3) is 0 Å². The quantitative estimate of drug-likeness (QED) is 0.774. The number of hydrogen-bond donors (Lipinski definition) is 2. The Hall–Kier alpha value is -1.59. The number of likely N-dealkylation sites (tertiary alicyclic amines) is 1. The third-order valence-electron chi connectivity index (χ3n) is 6.15. The van der Waals surface area contributed by atoms with Gasteiger partial charge in [-0.25, -0.2) is 4.79 Å². The summed E-state index contributed by atoms with van der Waals surface area (Å²) in [5.41, 5.74) is 0. The molecule has 3 rings (SSSR count). The van der Waals surface area contributed by atoms with Crippen LogP contribution in [0, 0.1) is 17.8 Å². The molecule has 0 aromatic carbocycles. The molecule has 2 aliphatic carbocycles. The van der Waals surface area contributed by atoms with Crippen molar-refractivity contribution in [1.82, 2.24) is 10.2 Å². The smallest absolute Gasteiger partial charge is 0.326 e. The Morgan fingerprint density at radius 2 is 1.79 bits per heavy atom. The number of carboxylic acid groups (broad SMARTS) is 1. The molecule has 0 bridgehead atoms. The van der Waals surface area contributed by atoms with Gasteiger partial charge < -0.3 is 15.3 Å². The number of aliphatic carboxylic acids is 1. The van der Waals surface area contributed by atoms with Crippen LogP contribution in [0.4, 0.5) is 0 Å². The molecular formula is C18H28N2O4. The molecule has 1 aliphatic heterocycles. The van der Waals surface area contributed by atoms with E-state index in [-0.39, 0.29) is 24.3 Å². The van der Waals surface area contributed by atoms with E-state index in [1.165, 1.54) is 30.6 Å². The maximum Gasteiger partial charge on any atom is 0.326 e. The molecule has 1 heterocycles. The molecule has 0 aromatic heterocycles. The number of carboxylic acids is 1. The second-order valence-corrected chi connectivity index (χ2v) is 7.65. The van der Waals surface area contributed by atoms with Gasteiger partial charge in [0.2, 0.25) is 11.8 Å². The van der Waals surface area contributed by atoms with Crippen LogP contribution in [0.5, 0.6) is 0 Å². The lowest BCUT2D eigenvalue weighted by Gasteiger charge is -2.24. The normalized spacial score (nSPS) is 29.7. The van der Waals surface area contributed by atoms with Crippen LogP contribution >= 0.6 is 0 Å². The number of fused-ring (bicyclic) bond motifs is 1. The Labute approximate surface area is 143 Å². The van der Waals surface area contributed by atoms with E-state index >= 15 is 0 Å². The fourth-order valence-corrected chi connectivity index (χ4v) is 4.88. The Morgan fingerprint density at radius 3 is 2.50 bits per heavy atom. The van der Waals surface area contributed by atoms with Gasteiger partial charge in [0.1, 0.15) is 6.04 Å². The highest BCUT2D eigenvalue weighted by Crippen LogP contribution is 2.42. The SMILES string of the molecule is O=C(CCC1CCCC1)NCC(=O)N1CC2CCCC2C1C(=O)O.